The number of benzene rings is 1. The summed E-state index contributed by atoms with van der Waals surface area (Å²) < 4.78 is 15.1. The number of H-pyrrole nitrogens is 1. The second-order valence-electron chi connectivity index (χ2n) is 9.95. The first-order valence-electron chi connectivity index (χ1n) is 12.8. The predicted octanol–water partition coefficient (Wildman–Crippen LogP) is 7.48. The van der Waals surface area contributed by atoms with Crippen molar-refractivity contribution in [3.63, 3.8) is 0 Å². The number of nitrogen functional groups attached to an aromatic ring is 1. The van der Waals surface area contributed by atoms with Crippen LogP contribution >= 0.6 is 11.3 Å². The molecular weight excluding hydrogens is 495 g/mol. The van der Waals surface area contributed by atoms with Gasteiger partial charge in [-0.2, -0.15) is 0 Å². The molecule has 0 bridgehead atoms. The summed E-state index contributed by atoms with van der Waals surface area (Å²) in [5, 5.41) is 3.39. The second-order valence-corrected chi connectivity index (χ2v) is 11.2. The molecule has 8 heteroatoms. The van der Waals surface area contributed by atoms with Crippen molar-refractivity contribution in [2.24, 2.45) is 5.92 Å². The molecular formula is C30H29FN6S. The SMILES string of the molecule is C=C(Nc1cncc(-c2cc(Cc3nc4nccc(-c5ccc(C)s5)c4[nH]3)c(N)cc2F)c1)C1CCCC1. The smallest absolute Gasteiger partial charge is 0.178 e. The molecule has 4 heterocycles. The van der Waals surface area contributed by atoms with Gasteiger partial charge in [-0.15, -0.1) is 11.3 Å². The number of allylic oxidation sites excluding steroid dienone is 1. The van der Waals surface area contributed by atoms with Crippen LogP contribution in [0.4, 0.5) is 15.8 Å². The largest absolute Gasteiger partial charge is 0.398 e. The Bertz CT molecular complexity index is 1650. The number of nitrogens with two attached hydrogens (primary N) is 1. The normalized spacial score (nSPS) is 13.8. The van der Waals surface area contributed by atoms with Gasteiger partial charge in [0.15, 0.2) is 5.65 Å². The summed E-state index contributed by atoms with van der Waals surface area (Å²) in [4.78, 5) is 19.3. The summed E-state index contributed by atoms with van der Waals surface area (Å²) in [6, 6.07) is 11.3. The van der Waals surface area contributed by atoms with E-state index in [0.717, 1.165) is 51.6 Å². The molecule has 1 aliphatic rings. The molecule has 0 unspecified atom stereocenters. The van der Waals surface area contributed by atoms with Gasteiger partial charge in [-0.3, -0.25) is 4.98 Å². The monoisotopic (exact) mass is 524 g/mol. The minimum atomic E-state index is -0.388. The van der Waals surface area contributed by atoms with Crippen LogP contribution < -0.4 is 11.1 Å². The maximum atomic E-state index is 15.1. The molecule has 6 rings (SSSR count). The van der Waals surface area contributed by atoms with E-state index in [2.05, 4.69) is 45.9 Å². The molecule has 0 spiro atoms. The average molecular weight is 525 g/mol. The number of aromatic nitrogens is 4. The Morgan fingerprint density at radius 1 is 1.16 bits per heavy atom. The van der Waals surface area contributed by atoms with Crippen molar-refractivity contribution in [1.29, 1.82) is 0 Å². The van der Waals surface area contributed by atoms with Crippen LogP contribution in [0.3, 0.4) is 0 Å². The molecule has 1 fully saturated rings. The first kappa shape index (κ1) is 24.3. The number of thiophene rings is 1. The molecule has 0 radical (unpaired) electrons. The van der Waals surface area contributed by atoms with Gasteiger partial charge in [0, 0.05) is 56.6 Å². The van der Waals surface area contributed by atoms with Crippen molar-refractivity contribution in [2.45, 2.75) is 39.0 Å². The van der Waals surface area contributed by atoms with Crippen molar-refractivity contribution in [3.8, 4) is 21.6 Å². The summed E-state index contributed by atoms with van der Waals surface area (Å²) in [5.74, 6) is 0.807. The zero-order chi connectivity index (χ0) is 26.2. The van der Waals surface area contributed by atoms with Gasteiger partial charge >= 0.3 is 0 Å². The van der Waals surface area contributed by atoms with Crippen LogP contribution in [0.1, 0.15) is 41.9 Å². The van der Waals surface area contributed by atoms with Crippen molar-refractivity contribution in [3.05, 3.63) is 89.3 Å². The van der Waals surface area contributed by atoms with Gasteiger partial charge in [0.25, 0.3) is 0 Å². The zero-order valence-electron chi connectivity index (χ0n) is 21.2. The molecule has 0 saturated heterocycles. The number of imidazole rings is 1. The third-order valence-electron chi connectivity index (χ3n) is 7.24. The summed E-state index contributed by atoms with van der Waals surface area (Å²) in [7, 11) is 0. The van der Waals surface area contributed by atoms with Gasteiger partial charge in [-0.05, 0) is 67.6 Å². The van der Waals surface area contributed by atoms with E-state index in [9.17, 15) is 0 Å². The minimum Gasteiger partial charge on any atom is -0.398 e. The van der Waals surface area contributed by atoms with Gasteiger partial charge in [-0.1, -0.05) is 19.4 Å². The quantitative estimate of drug-likeness (QED) is 0.192. The lowest BCUT2D eigenvalue weighted by Gasteiger charge is -2.16. The lowest BCUT2D eigenvalue weighted by atomic mass is 10.00. The topological polar surface area (TPSA) is 92.5 Å². The van der Waals surface area contributed by atoms with Crippen LogP contribution in [0.5, 0.6) is 0 Å². The number of anilines is 2. The van der Waals surface area contributed by atoms with Gasteiger partial charge in [0.2, 0.25) is 0 Å². The van der Waals surface area contributed by atoms with Crippen LogP contribution in [0, 0.1) is 18.7 Å². The number of nitrogens with one attached hydrogen (secondary N) is 2. The van der Waals surface area contributed by atoms with Crippen molar-refractivity contribution in [1.82, 2.24) is 19.9 Å². The van der Waals surface area contributed by atoms with Crippen molar-refractivity contribution < 1.29 is 4.39 Å². The van der Waals surface area contributed by atoms with E-state index >= 15 is 4.39 Å². The Morgan fingerprint density at radius 2 is 2.00 bits per heavy atom. The van der Waals surface area contributed by atoms with E-state index < -0.39 is 0 Å². The van der Waals surface area contributed by atoms with Crippen LogP contribution in [-0.4, -0.2) is 19.9 Å². The fraction of sp³-hybridized carbons (Fsp3) is 0.233. The number of aromatic amines is 1. The molecule has 192 valence electrons. The number of halogens is 1. The summed E-state index contributed by atoms with van der Waals surface area (Å²) >= 11 is 1.73. The first-order valence-corrected chi connectivity index (χ1v) is 13.7. The highest BCUT2D eigenvalue weighted by atomic mass is 32.1. The first-order chi connectivity index (χ1) is 18.4. The van der Waals surface area contributed by atoms with Crippen LogP contribution in [0.25, 0.3) is 32.7 Å². The molecule has 38 heavy (non-hydrogen) atoms. The Morgan fingerprint density at radius 3 is 2.79 bits per heavy atom. The molecule has 1 aromatic carbocycles. The average Bonchev–Trinajstić information content (AvgIpc) is 3.66. The summed E-state index contributed by atoms with van der Waals surface area (Å²) in [5.41, 5.74) is 12.9. The molecule has 0 amide bonds. The lowest BCUT2D eigenvalue weighted by molar-refractivity contribution is 0.631. The van der Waals surface area contributed by atoms with Crippen LogP contribution in [0.2, 0.25) is 0 Å². The second kappa shape index (κ2) is 10.0. The predicted molar refractivity (Wildman–Crippen MR) is 154 cm³/mol. The van der Waals surface area contributed by atoms with E-state index in [-0.39, 0.29) is 5.82 Å². The molecule has 4 N–H and O–H groups in total. The van der Waals surface area contributed by atoms with E-state index in [1.54, 1.807) is 36.0 Å². The van der Waals surface area contributed by atoms with E-state index in [1.807, 2.05) is 12.1 Å². The van der Waals surface area contributed by atoms with Crippen molar-refractivity contribution >= 4 is 33.9 Å². The Kier molecular flexibility index (Phi) is 6.41. The fourth-order valence-electron chi connectivity index (χ4n) is 5.23. The van der Waals surface area contributed by atoms with Gasteiger partial charge in [0.1, 0.15) is 11.6 Å². The number of pyridine rings is 2. The van der Waals surface area contributed by atoms with Crippen LogP contribution in [0.15, 0.2) is 67.3 Å². The number of aryl methyl sites for hydroxylation is 1. The summed E-state index contributed by atoms with van der Waals surface area (Å²) in [6.45, 7) is 6.32. The zero-order valence-corrected chi connectivity index (χ0v) is 22.0. The Labute approximate surface area is 224 Å². The lowest BCUT2D eigenvalue weighted by Crippen LogP contribution is -2.07. The molecule has 6 nitrogen and oxygen atoms in total. The van der Waals surface area contributed by atoms with Crippen molar-refractivity contribution in [2.75, 3.05) is 11.1 Å². The molecule has 1 aliphatic carbocycles. The van der Waals surface area contributed by atoms with Crippen LogP contribution in [-0.2, 0) is 6.42 Å². The molecule has 0 atom stereocenters. The van der Waals surface area contributed by atoms with Gasteiger partial charge < -0.3 is 16.0 Å². The van der Waals surface area contributed by atoms with E-state index in [0.29, 0.717) is 34.8 Å². The highest BCUT2D eigenvalue weighted by Crippen LogP contribution is 2.34. The number of fused-ring (bicyclic) bond motifs is 1. The third kappa shape index (κ3) is 4.79. The molecule has 1 saturated carbocycles. The maximum absolute atomic E-state index is 15.1. The van der Waals surface area contributed by atoms with E-state index in [1.165, 1.54) is 23.8 Å². The number of nitrogens with zero attached hydrogens (tertiary/aromatic N) is 3. The Hall–Kier alpha value is -4.04. The van der Waals surface area contributed by atoms with Gasteiger partial charge in [0.05, 0.1) is 17.4 Å². The minimum absolute atomic E-state index is 0.380. The molecule has 5 aromatic rings. The standard InChI is InChI=1S/C30H29FN6S/c1-17-7-8-27(38-17)23-9-10-34-30-29(23)36-28(37-30)13-20-12-24(25(31)14-26(20)32)21-11-22(16-33-15-21)35-18(2)19-5-3-4-6-19/h7-12,14-16,19,35H,2-6,13,32H2,1H3,(H,34,36,37). The fourth-order valence-corrected chi connectivity index (χ4v) is 6.13. The molecule has 4 aromatic heterocycles. The van der Waals surface area contributed by atoms with Gasteiger partial charge in [-0.25, -0.2) is 14.4 Å². The Balaban J connectivity index is 1.29. The van der Waals surface area contributed by atoms with E-state index in [4.69, 9.17) is 10.7 Å². The maximum Gasteiger partial charge on any atom is 0.178 e. The highest BCUT2D eigenvalue weighted by Gasteiger charge is 2.19. The number of hydrogen-bond donors (Lipinski definition) is 3. The molecule has 0 aliphatic heterocycles. The summed E-state index contributed by atoms with van der Waals surface area (Å²) in [6.07, 6.45) is 10.4. The number of hydrogen-bond acceptors (Lipinski definition) is 6. The highest BCUT2D eigenvalue weighted by molar-refractivity contribution is 7.15. The third-order valence-corrected chi connectivity index (χ3v) is 8.27. The number of rotatable bonds is 7.